The number of aromatic nitrogens is 1. The van der Waals surface area contributed by atoms with Crippen LogP contribution in [0.15, 0.2) is 24.4 Å². The molecule has 1 heterocycles. The summed E-state index contributed by atoms with van der Waals surface area (Å²) in [6.45, 7) is 9.97. The molecule has 0 aliphatic heterocycles. The van der Waals surface area contributed by atoms with E-state index >= 15 is 0 Å². The zero-order valence-electron chi connectivity index (χ0n) is 16.7. The number of nitrogens with one attached hydrogen (secondary N) is 2. The average molecular weight is 381 g/mol. The van der Waals surface area contributed by atoms with Crippen molar-refractivity contribution in [3.05, 3.63) is 30.0 Å². The van der Waals surface area contributed by atoms with Crippen molar-refractivity contribution in [3.8, 4) is 0 Å². The Morgan fingerprint density at radius 3 is 2.42 bits per heavy atom. The molecule has 6 nitrogen and oxygen atoms in total. The smallest absolute Gasteiger partial charge is 0.278 e. The molecule has 0 fully saturated rings. The first kappa shape index (κ1) is 20.7. The van der Waals surface area contributed by atoms with Crippen LogP contribution in [0.5, 0.6) is 0 Å². The number of hydrogen-bond acceptors (Lipinski definition) is 3. The van der Waals surface area contributed by atoms with Gasteiger partial charge < -0.3 is 9.88 Å². The molecular weight excluding hydrogens is 348 g/mol. The SMILES string of the molecule is CC(C)Cn1cc(CCNS(=O)(=O)N(C)C)c2ccc(NC(C)C)cc21. The predicted molar refractivity (Wildman–Crippen MR) is 110 cm³/mol. The molecule has 0 aliphatic rings. The Morgan fingerprint density at radius 1 is 1.15 bits per heavy atom. The topological polar surface area (TPSA) is 66.4 Å². The first-order valence-corrected chi connectivity index (χ1v) is 10.6. The lowest BCUT2D eigenvalue weighted by atomic mass is 10.1. The van der Waals surface area contributed by atoms with Gasteiger partial charge in [0.15, 0.2) is 0 Å². The highest BCUT2D eigenvalue weighted by Gasteiger charge is 2.14. The Balaban J connectivity index is 2.28. The summed E-state index contributed by atoms with van der Waals surface area (Å²) in [6.07, 6.45) is 2.82. The molecule has 26 heavy (non-hydrogen) atoms. The van der Waals surface area contributed by atoms with Crippen molar-refractivity contribution in [1.82, 2.24) is 13.6 Å². The summed E-state index contributed by atoms with van der Waals surface area (Å²) in [4.78, 5) is 0. The second-order valence-corrected chi connectivity index (χ2v) is 9.63. The second-order valence-electron chi connectivity index (χ2n) is 7.66. The number of anilines is 1. The fraction of sp³-hybridized carbons (Fsp3) is 0.579. The van der Waals surface area contributed by atoms with E-state index in [-0.39, 0.29) is 0 Å². The number of fused-ring (bicyclic) bond motifs is 1. The van der Waals surface area contributed by atoms with Crippen LogP contribution in [0.2, 0.25) is 0 Å². The van der Waals surface area contributed by atoms with Gasteiger partial charge in [0.25, 0.3) is 10.2 Å². The van der Waals surface area contributed by atoms with Gasteiger partial charge in [0, 0.05) is 50.5 Å². The third kappa shape index (κ3) is 5.22. The molecule has 7 heteroatoms. The van der Waals surface area contributed by atoms with E-state index in [1.54, 1.807) is 0 Å². The summed E-state index contributed by atoms with van der Waals surface area (Å²) in [5.74, 6) is 0.535. The minimum atomic E-state index is -3.39. The first-order chi connectivity index (χ1) is 12.1. The number of benzene rings is 1. The molecule has 0 saturated heterocycles. The number of nitrogens with zero attached hydrogens (tertiary/aromatic N) is 2. The number of hydrogen-bond donors (Lipinski definition) is 2. The van der Waals surface area contributed by atoms with E-state index in [1.807, 2.05) is 0 Å². The van der Waals surface area contributed by atoms with Gasteiger partial charge in [-0.15, -0.1) is 0 Å². The number of rotatable bonds is 9. The molecule has 1 aromatic heterocycles. The van der Waals surface area contributed by atoms with Crippen LogP contribution in [0.3, 0.4) is 0 Å². The molecule has 0 spiro atoms. The van der Waals surface area contributed by atoms with Crippen molar-refractivity contribution in [2.45, 2.75) is 46.7 Å². The zero-order chi connectivity index (χ0) is 19.5. The van der Waals surface area contributed by atoms with E-state index in [0.717, 1.165) is 12.2 Å². The van der Waals surface area contributed by atoms with Crippen LogP contribution in [0, 0.1) is 5.92 Å². The van der Waals surface area contributed by atoms with Gasteiger partial charge in [-0.1, -0.05) is 19.9 Å². The first-order valence-electron chi connectivity index (χ1n) is 9.15. The lowest BCUT2D eigenvalue weighted by Crippen LogP contribution is -2.36. The Labute approximate surface area is 157 Å². The summed E-state index contributed by atoms with van der Waals surface area (Å²) >= 11 is 0. The fourth-order valence-corrected chi connectivity index (χ4v) is 3.60. The molecule has 0 radical (unpaired) electrons. The summed E-state index contributed by atoms with van der Waals surface area (Å²) in [5, 5.41) is 4.64. The Bertz CT molecular complexity index is 839. The van der Waals surface area contributed by atoms with Crippen LogP contribution in [0.1, 0.15) is 33.3 Å². The highest BCUT2D eigenvalue weighted by molar-refractivity contribution is 7.87. The summed E-state index contributed by atoms with van der Waals surface area (Å²) in [5.41, 5.74) is 3.46. The highest BCUT2D eigenvalue weighted by Crippen LogP contribution is 2.26. The summed E-state index contributed by atoms with van der Waals surface area (Å²) in [7, 11) is -0.332. The van der Waals surface area contributed by atoms with Crippen molar-refractivity contribution in [2.75, 3.05) is 26.0 Å². The van der Waals surface area contributed by atoms with Gasteiger partial charge >= 0.3 is 0 Å². The van der Waals surface area contributed by atoms with Gasteiger partial charge in [0.2, 0.25) is 0 Å². The third-order valence-electron chi connectivity index (χ3n) is 4.14. The summed E-state index contributed by atoms with van der Waals surface area (Å²) in [6, 6.07) is 6.79. The Kier molecular flexibility index (Phi) is 6.71. The van der Waals surface area contributed by atoms with E-state index in [0.29, 0.717) is 24.9 Å². The largest absolute Gasteiger partial charge is 0.383 e. The van der Waals surface area contributed by atoms with Gasteiger partial charge in [0.05, 0.1) is 5.52 Å². The maximum absolute atomic E-state index is 11.9. The fourth-order valence-electron chi connectivity index (χ4n) is 2.98. The van der Waals surface area contributed by atoms with Gasteiger partial charge in [-0.25, -0.2) is 4.72 Å². The average Bonchev–Trinajstić information content (AvgIpc) is 2.83. The van der Waals surface area contributed by atoms with E-state index in [2.05, 4.69) is 66.7 Å². The van der Waals surface area contributed by atoms with Crippen LogP contribution in [0.4, 0.5) is 5.69 Å². The van der Waals surface area contributed by atoms with Crippen molar-refractivity contribution < 1.29 is 8.42 Å². The van der Waals surface area contributed by atoms with Gasteiger partial charge in [-0.2, -0.15) is 12.7 Å². The minimum Gasteiger partial charge on any atom is -0.383 e. The second kappa shape index (κ2) is 8.41. The van der Waals surface area contributed by atoms with Gasteiger partial charge in [-0.05, 0) is 43.9 Å². The maximum Gasteiger partial charge on any atom is 0.278 e. The van der Waals surface area contributed by atoms with Crippen molar-refractivity contribution in [1.29, 1.82) is 0 Å². The van der Waals surface area contributed by atoms with E-state index in [1.165, 1.54) is 34.9 Å². The standard InChI is InChI=1S/C19H32N4O2S/c1-14(2)12-23-13-16(9-10-20-26(24,25)22(5)6)18-8-7-17(11-19(18)23)21-15(3)4/h7-8,11,13-15,20-21H,9-10,12H2,1-6H3. The predicted octanol–water partition coefficient (Wildman–Crippen LogP) is 3.06. The molecule has 0 unspecified atom stereocenters. The van der Waals surface area contributed by atoms with E-state index in [4.69, 9.17) is 0 Å². The molecule has 2 rings (SSSR count). The molecule has 0 amide bonds. The zero-order valence-corrected chi connectivity index (χ0v) is 17.5. The van der Waals surface area contributed by atoms with Gasteiger partial charge in [0.1, 0.15) is 0 Å². The van der Waals surface area contributed by atoms with Crippen molar-refractivity contribution in [2.24, 2.45) is 5.92 Å². The molecular formula is C19H32N4O2S. The highest BCUT2D eigenvalue weighted by atomic mass is 32.2. The molecule has 0 bridgehead atoms. The summed E-state index contributed by atoms with van der Waals surface area (Å²) < 4.78 is 29.9. The molecule has 2 N–H and O–H groups in total. The minimum absolute atomic E-state index is 0.376. The normalized spacial score (nSPS) is 12.7. The lowest BCUT2D eigenvalue weighted by Gasteiger charge is -2.12. The monoisotopic (exact) mass is 380 g/mol. The van der Waals surface area contributed by atoms with Crippen molar-refractivity contribution in [3.63, 3.8) is 0 Å². The lowest BCUT2D eigenvalue weighted by molar-refractivity contribution is 0.506. The van der Waals surface area contributed by atoms with Crippen LogP contribution in [-0.2, 0) is 23.2 Å². The van der Waals surface area contributed by atoms with Crippen LogP contribution in [-0.4, -0.2) is 44.0 Å². The van der Waals surface area contributed by atoms with Crippen LogP contribution < -0.4 is 10.0 Å². The molecule has 0 atom stereocenters. The van der Waals surface area contributed by atoms with Gasteiger partial charge in [-0.3, -0.25) is 0 Å². The molecule has 2 aromatic rings. The molecule has 1 aromatic carbocycles. The third-order valence-corrected chi connectivity index (χ3v) is 5.67. The van der Waals surface area contributed by atoms with Crippen LogP contribution >= 0.6 is 0 Å². The van der Waals surface area contributed by atoms with Crippen LogP contribution in [0.25, 0.3) is 10.9 Å². The van der Waals surface area contributed by atoms with E-state index in [9.17, 15) is 8.42 Å². The Morgan fingerprint density at radius 2 is 1.85 bits per heavy atom. The maximum atomic E-state index is 11.9. The molecule has 0 saturated carbocycles. The molecule has 146 valence electrons. The molecule has 0 aliphatic carbocycles. The van der Waals surface area contributed by atoms with Crippen molar-refractivity contribution >= 4 is 26.8 Å². The Hall–Kier alpha value is -1.57. The van der Waals surface area contributed by atoms with E-state index < -0.39 is 10.2 Å². The quantitative estimate of drug-likeness (QED) is 0.703.